The molecule has 5 heteroatoms. The Labute approximate surface area is 172 Å². The van der Waals surface area contributed by atoms with Crippen molar-refractivity contribution in [2.75, 3.05) is 26.2 Å². The molecule has 5 nitrogen and oxygen atoms in total. The van der Waals surface area contributed by atoms with E-state index in [9.17, 15) is 9.59 Å². The van der Waals surface area contributed by atoms with Crippen molar-refractivity contribution < 1.29 is 9.59 Å². The highest BCUT2D eigenvalue weighted by Gasteiger charge is 2.27. The summed E-state index contributed by atoms with van der Waals surface area (Å²) in [4.78, 5) is 29.1. The number of likely N-dealkylation sites (tertiary alicyclic amines) is 1. The quantitative estimate of drug-likeness (QED) is 0.790. The van der Waals surface area contributed by atoms with Crippen LogP contribution in [0.5, 0.6) is 0 Å². The minimum atomic E-state index is 0.0400. The van der Waals surface area contributed by atoms with Crippen LogP contribution in [0.15, 0.2) is 54.6 Å². The first-order chi connectivity index (χ1) is 14.2. The molecule has 4 rings (SSSR count). The van der Waals surface area contributed by atoms with E-state index < -0.39 is 0 Å². The van der Waals surface area contributed by atoms with Crippen LogP contribution in [0.4, 0.5) is 0 Å². The molecule has 2 amide bonds. The number of amides is 2. The molecule has 0 spiro atoms. The Morgan fingerprint density at radius 2 is 1.83 bits per heavy atom. The summed E-state index contributed by atoms with van der Waals surface area (Å²) >= 11 is 0. The molecule has 2 aliphatic rings. The predicted molar refractivity (Wildman–Crippen MR) is 114 cm³/mol. The van der Waals surface area contributed by atoms with E-state index in [4.69, 9.17) is 0 Å². The number of piperidine rings is 1. The van der Waals surface area contributed by atoms with Gasteiger partial charge in [0.1, 0.15) is 0 Å². The summed E-state index contributed by atoms with van der Waals surface area (Å²) < 4.78 is 0. The molecule has 1 saturated heterocycles. The van der Waals surface area contributed by atoms with Crippen LogP contribution in [0.3, 0.4) is 0 Å². The lowest BCUT2D eigenvalue weighted by atomic mass is 10.0. The van der Waals surface area contributed by atoms with Crippen LogP contribution in [0.25, 0.3) is 0 Å². The molecule has 1 atom stereocenters. The van der Waals surface area contributed by atoms with Crippen LogP contribution in [0.1, 0.15) is 40.7 Å². The van der Waals surface area contributed by atoms with Gasteiger partial charge in [0, 0.05) is 44.2 Å². The van der Waals surface area contributed by atoms with E-state index >= 15 is 0 Å². The Morgan fingerprint density at radius 3 is 2.66 bits per heavy atom. The van der Waals surface area contributed by atoms with Crippen molar-refractivity contribution in [3.8, 4) is 0 Å². The van der Waals surface area contributed by atoms with Gasteiger partial charge in [-0.3, -0.25) is 9.59 Å². The van der Waals surface area contributed by atoms with Gasteiger partial charge in [-0.1, -0.05) is 48.5 Å². The maximum absolute atomic E-state index is 12.5. The number of benzene rings is 2. The topological polar surface area (TPSA) is 52.7 Å². The van der Waals surface area contributed by atoms with Crippen molar-refractivity contribution in [3.05, 3.63) is 71.3 Å². The molecule has 0 aromatic heterocycles. The third-order valence-electron chi connectivity index (χ3n) is 5.94. The molecular weight excluding hydrogens is 362 g/mol. The van der Waals surface area contributed by atoms with Gasteiger partial charge in [0.25, 0.3) is 5.91 Å². The molecule has 29 heavy (non-hydrogen) atoms. The average molecular weight is 392 g/mol. The number of hydrogen-bond acceptors (Lipinski definition) is 3. The lowest BCUT2D eigenvalue weighted by Gasteiger charge is -2.33. The van der Waals surface area contributed by atoms with Crippen LogP contribution in [-0.4, -0.2) is 53.8 Å². The third kappa shape index (κ3) is 5.04. The van der Waals surface area contributed by atoms with Crippen LogP contribution in [-0.2, 0) is 17.8 Å². The van der Waals surface area contributed by atoms with Gasteiger partial charge in [-0.25, -0.2) is 0 Å². The molecule has 1 N–H and O–H groups in total. The van der Waals surface area contributed by atoms with E-state index in [2.05, 4.69) is 34.5 Å². The lowest BCUT2D eigenvalue weighted by Crippen LogP contribution is -2.48. The zero-order chi connectivity index (χ0) is 20.1. The predicted octanol–water partition coefficient (Wildman–Crippen LogP) is 2.86. The fourth-order valence-corrected chi connectivity index (χ4v) is 4.34. The van der Waals surface area contributed by atoms with E-state index in [0.29, 0.717) is 19.5 Å². The van der Waals surface area contributed by atoms with Gasteiger partial charge >= 0.3 is 0 Å². The Kier molecular flexibility index (Phi) is 6.25. The summed E-state index contributed by atoms with van der Waals surface area (Å²) in [5, 5.41) is 3.19. The standard InChI is InChI=1S/C24H29N3O2/c28-23(13-16-27-17-20-9-4-5-11-22(20)24(27)29)25-21-10-6-14-26(18-21)15-12-19-7-2-1-3-8-19/h1-5,7-9,11,21H,6,10,12-18H2,(H,25,28). The molecular formula is C24H29N3O2. The van der Waals surface area contributed by atoms with Gasteiger partial charge < -0.3 is 15.1 Å². The first-order valence-electron chi connectivity index (χ1n) is 10.6. The van der Waals surface area contributed by atoms with Crippen LogP contribution < -0.4 is 5.32 Å². The molecule has 0 aliphatic carbocycles. The number of fused-ring (bicyclic) bond motifs is 1. The summed E-state index contributed by atoms with van der Waals surface area (Å²) in [7, 11) is 0. The minimum absolute atomic E-state index is 0.0400. The number of rotatable bonds is 7. The summed E-state index contributed by atoms with van der Waals surface area (Å²) in [6.07, 6.45) is 3.54. The normalized spacial score (nSPS) is 19.2. The van der Waals surface area contributed by atoms with Crippen molar-refractivity contribution in [1.82, 2.24) is 15.1 Å². The summed E-state index contributed by atoms with van der Waals surface area (Å²) in [5.41, 5.74) is 3.18. The van der Waals surface area contributed by atoms with Crippen molar-refractivity contribution in [1.29, 1.82) is 0 Å². The van der Waals surface area contributed by atoms with E-state index in [-0.39, 0.29) is 17.9 Å². The second kappa shape index (κ2) is 9.23. The zero-order valence-corrected chi connectivity index (χ0v) is 16.8. The van der Waals surface area contributed by atoms with Crippen molar-refractivity contribution in [3.63, 3.8) is 0 Å². The number of nitrogens with zero attached hydrogens (tertiary/aromatic N) is 2. The first kappa shape index (κ1) is 19.6. The second-order valence-electron chi connectivity index (χ2n) is 8.08. The number of hydrogen-bond donors (Lipinski definition) is 1. The third-order valence-corrected chi connectivity index (χ3v) is 5.94. The second-order valence-corrected chi connectivity index (χ2v) is 8.08. The lowest BCUT2D eigenvalue weighted by molar-refractivity contribution is -0.122. The molecule has 2 heterocycles. The Balaban J connectivity index is 1.20. The van der Waals surface area contributed by atoms with E-state index in [1.54, 1.807) is 4.90 Å². The number of nitrogens with one attached hydrogen (secondary N) is 1. The molecule has 0 bridgehead atoms. The van der Waals surface area contributed by atoms with Gasteiger partial charge in [0.15, 0.2) is 0 Å². The van der Waals surface area contributed by atoms with Gasteiger partial charge in [-0.15, -0.1) is 0 Å². The molecule has 2 aliphatic heterocycles. The van der Waals surface area contributed by atoms with Crippen LogP contribution >= 0.6 is 0 Å². The molecule has 152 valence electrons. The summed E-state index contributed by atoms with van der Waals surface area (Å²) in [5.74, 6) is 0.0850. The van der Waals surface area contributed by atoms with Crippen molar-refractivity contribution in [2.24, 2.45) is 0 Å². The van der Waals surface area contributed by atoms with Crippen molar-refractivity contribution in [2.45, 2.75) is 38.3 Å². The van der Waals surface area contributed by atoms with Gasteiger partial charge in [-0.2, -0.15) is 0 Å². The molecule has 0 saturated carbocycles. The Morgan fingerprint density at radius 1 is 1.03 bits per heavy atom. The Hall–Kier alpha value is -2.66. The average Bonchev–Trinajstić information content (AvgIpc) is 3.08. The molecule has 0 radical (unpaired) electrons. The molecule has 1 unspecified atom stereocenters. The highest BCUT2D eigenvalue weighted by molar-refractivity contribution is 5.98. The summed E-state index contributed by atoms with van der Waals surface area (Å²) in [6.45, 7) is 4.12. The molecule has 2 aromatic carbocycles. The fraction of sp³-hybridized carbons (Fsp3) is 0.417. The maximum Gasteiger partial charge on any atom is 0.254 e. The minimum Gasteiger partial charge on any atom is -0.352 e. The zero-order valence-electron chi connectivity index (χ0n) is 16.8. The largest absolute Gasteiger partial charge is 0.352 e. The monoisotopic (exact) mass is 391 g/mol. The smallest absolute Gasteiger partial charge is 0.254 e. The highest BCUT2D eigenvalue weighted by Crippen LogP contribution is 2.22. The van der Waals surface area contributed by atoms with E-state index in [0.717, 1.165) is 50.0 Å². The van der Waals surface area contributed by atoms with Gasteiger partial charge in [-0.05, 0) is 43.0 Å². The van der Waals surface area contributed by atoms with E-state index in [1.807, 2.05) is 30.3 Å². The van der Waals surface area contributed by atoms with E-state index in [1.165, 1.54) is 5.56 Å². The van der Waals surface area contributed by atoms with Crippen LogP contribution in [0, 0.1) is 0 Å². The molecule has 2 aromatic rings. The number of carbonyl (C=O) groups is 2. The van der Waals surface area contributed by atoms with Gasteiger partial charge in [0.05, 0.1) is 0 Å². The highest BCUT2D eigenvalue weighted by atomic mass is 16.2. The van der Waals surface area contributed by atoms with Crippen molar-refractivity contribution >= 4 is 11.8 Å². The number of carbonyl (C=O) groups excluding carboxylic acids is 2. The molecule has 1 fully saturated rings. The van der Waals surface area contributed by atoms with Crippen LogP contribution in [0.2, 0.25) is 0 Å². The maximum atomic E-state index is 12.5. The SMILES string of the molecule is O=C(CCN1Cc2ccccc2C1=O)NC1CCCN(CCc2ccccc2)C1. The fourth-order valence-electron chi connectivity index (χ4n) is 4.34. The Bertz CT molecular complexity index is 852. The first-order valence-corrected chi connectivity index (χ1v) is 10.6. The summed E-state index contributed by atoms with van der Waals surface area (Å²) in [6, 6.07) is 18.4. The van der Waals surface area contributed by atoms with Gasteiger partial charge in [0.2, 0.25) is 5.91 Å².